The molecule has 7 nitrogen and oxygen atoms in total. The van der Waals surface area contributed by atoms with Crippen molar-refractivity contribution in [1.82, 2.24) is 14.3 Å². The zero-order valence-corrected chi connectivity index (χ0v) is 16.3. The van der Waals surface area contributed by atoms with E-state index in [2.05, 4.69) is 10.3 Å². The second-order valence-electron chi connectivity index (χ2n) is 5.85. The first-order valence-corrected chi connectivity index (χ1v) is 9.66. The topological polar surface area (TPSA) is 82.5 Å². The van der Waals surface area contributed by atoms with Gasteiger partial charge in [0.25, 0.3) is 10.0 Å². The van der Waals surface area contributed by atoms with Gasteiger partial charge in [0.2, 0.25) is 5.88 Å². The molecule has 0 fully saturated rings. The number of nitrogens with zero attached hydrogens (tertiary/aromatic N) is 2. The smallest absolute Gasteiger partial charge is 0.269 e. The Morgan fingerprint density at radius 1 is 1.21 bits per heavy atom. The largest absolute Gasteiger partial charge is 0.494 e. The van der Waals surface area contributed by atoms with Crippen molar-refractivity contribution in [2.24, 2.45) is 0 Å². The highest BCUT2D eigenvalue weighted by Gasteiger charge is 2.28. The molecular weight excluding hydrogens is 404 g/mol. The van der Waals surface area contributed by atoms with Crippen molar-refractivity contribution in [3.8, 4) is 22.9 Å². The molecule has 154 valence electrons. The highest BCUT2D eigenvalue weighted by Crippen LogP contribution is 2.39. The van der Waals surface area contributed by atoms with Gasteiger partial charge in [0.1, 0.15) is 28.0 Å². The summed E-state index contributed by atoms with van der Waals surface area (Å²) in [5, 5.41) is 2.26. The predicted molar refractivity (Wildman–Crippen MR) is 102 cm³/mol. The van der Waals surface area contributed by atoms with Gasteiger partial charge in [-0.2, -0.15) is 0 Å². The lowest BCUT2D eigenvalue weighted by atomic mass is 10.1. The molecule has 0 amide bonds. The van der Waals surface area contributed by atoms with Gasteiger partial charge in [-0.1, -0.05) is 0 Å². The van der Waals surface area contributed by atoms with Crippen LogP contribution in [0.2, 0.25) is 0 Å². The average molecular weight is 426 g/mol. The minimum atomic E-state index is -4.35. The number of rotatable bonds is 7. The summed E-state index contributed by atoms with van der Waals surface area (Å²) in [5.74, 6) is -1.78. The van der Waals surface area contributed by atoms with Gasteiger partial charge < -0.3 is 14.8 Å². The van der Waals surface area contributed by atoms with Crippen molar-refractivity contribution in [1.29, 1.82) is 0 Å². The summed E-state index contributed by atoms with van der Waals surface area (Å²) in [5.41, 5.74) is -0.357. The Morgan fingerprint density at radius 2 is 2.00 bits per heavy atom. The van der Waals surface area contributed by atoms with E-state index < -0.39 is 28.6 Å². The molecule has 0 unspecified atom stereocenters. The third-order valence-electron chi connectivity index (χ3n) is 4.14. The number of methoxy groups -OCH3 is 2. The van der Waals surface area contributed by atoms with E-state index in [0.29, 0.717) is 6.07 Å². The van der Waals surface area contributed by atoms with Crippen LogP contribution in [0.4, 0.5) is 8.78 Å². The van der Waals surface area contributed by atoms with Crippen LogP contribution in [0.3, 0.4) is 0 Å². The summed E-state index contributed by atoms with van der Waals surface area (Å²) in [4.78, 5) is 3.64. The van der Waals surface area contributed by atoms with E-state index >= 15 is 0 Å². The molecule has 0 atom stereocenters. The molecule has 3 rings (SSSR count). The van der Waals surface area contributed by atoms with E-state index in [0.717, 1.165) is 28.5 Å². The Labute approximate surface area is 171 Å². The van der Waals surface area contributed by atoms with Crippen LogP contribution in [0.25, 0.3) is 11.3 Å². The SMILES string of the molecule is [2H]C([2H])([2H])NCc1cn(S(=O)(=O)c2ccc(OC)nc2)c(-c2ccc(F)cc2F)c1OC. The van der Waals surface area contributed by atoms with Crippen molar-refractivity contribution >= 4 is 10.0 Å². The normalized spacial score (nSPS) is 13.4. The number of benzene rings is 1. The van der Waals surface area contributed by atoms with Gasteiger partial charge >= 0.3 is 0 Å². The van der Waals surface area contributed by atoms with Crippen LogP contribution >= 0.6 is 0 Å². The molecule has 10 heteroatoms. The number of nitrogens with one attached hydrogen (secondary N) is 1. The minimum Gasteiger partial charge on any atom is -0.494 e. The van der Waals surface area contributed by atoms with Gasteiger partial charge in [0.05, 0.1) is 20.4 Å². The number of aromatic nitrogens is 2. The van der Waals surface area contributed by atoms with Crippen LogP contribution in [0.5, 0.6) is 11.6 Å². The van der Waals surface area contributed by atoms with Gasteiger partial charge in [0, 0.05) is 40.1 Å². The number of hydrogen-bond acceptors (Lipinski definition) is 6. The highest BCUT2D eigenvalue weighted by molar-refractivity contribution is 7.90. The lowest BCUT2D eigenvalue weighted by molar-refractivity contribution is 0.397. The van der Waals surface area contributed by atoms with Crippen molar-refractivity contribution in [2.75, 3.05) is 21.2 Å². The molecule has 0 bridgehead atoms. The predicted octanol–water partition coefficient (Wildman–Crippen LogP) is 2.80. The number of halogens is 2. The highest BCUT2D eigenvalue weighted by atomic mass is 32.2. The minimum absolute atomic E-state index is 0.0858. The lowest BCUT2D eigenvalue weighted by Crippen LogP contribution is -2.14. The maximum Gasteiger partial charge on any atom is 0.269 e. The zero-order valence-electron chi connectivity index (χ0n) is 18.4. The second kappa shape index (κ2) is 8.18. The van der Waals surface area contributed by atoms with Gasteiger partial charge in [-0.25, -0.2) is 26.2 Å². The van der Waals surface area contributed by atoms with Gasteiger partial charge in [-0.15, -0.1) is 0 Å². The summed E-state index contributed by atoms with van der Waals surface area (Å²) in [6.07, 6.45) is 2.18. The monoisotopic (exact) mass is 426 g/mol. The molecule has 3 aromatic rings. The maximum atomic E-state index is 14.7. The zero-order chi connectivity index (χ0) is 23.7. The molecule has 0 aliphatic carbocycles. The van der Waals surface area contributed by atoms with E-state index in [1.807, 2.05) is 0 Å². The van der Waals surface area contributed by atoms with Crippen molar-refractivity contribution in [3.05, 3.63) is 59.9 Å². The summed E-state index contributed by atoms with van der Waals surface area (Å²) < 4.78 is 87.9. The number of pyridine rings is 1. The van der Waals surface area contributed by atoms with E-state index in [1.165, 1.54) is 26.4 Å². The maximum absolute atomic E-state index is 14.7. The molecular formula is C19H19F2N3O4S. The lowest BCUT2D eigenvalue weighted by Gasteiger charge is -2.13. The Bertz CT molecular complexity index is 1230. The van der Waals surface area contributed by atoms with Crippen molar-refractivity contribution < 1.29 is 30.8 Å². The molecule has 0 radical (unpaired) electrons. The standard InChI is InChI=1S/C19H19F2N3O4S/c1-22-9-12-11-24(29(25,26)14-5-7-17(27-2)23-10-14)18(19(12)28-3)15-6-4-13(20)8-16(15)21/h4-8,10-11,22H,9H2,1-3H3/i1D3. The van der Waals surface area contributed by atoms with E-state index in [-0.39, 0.29) is 39.9 Å². The van der Waals surface area contributed by atoms with Crippen molar-refractivity contribution in [2.45, 2.75) is 11.4 Å². The van der Waals surface area contributed by atoms with Crippen molar-refractivity contribution in [3.63, 3.8) is 0 Å². The quantitative estimate of drug-likeness (QED) is 0.626. The van der Waals surface area contributed by atoms with Gasteiger partial charge in [0.15, 0.2) is 0 Å². The van der Waals surface area contributed by atoms with E-state index in [4.69, 9.17) is 13.6 Å². The number of hydrogen-bond donors (Lipinski definition) is 1. The fourth-order valence-electron chi connectivity index (χ4n) is 2.83. The molecule has 0 aliphatic rings. The molecule has 29 heavy (non-hydrogen) atoms. The molecule has 0 saturated heterocycles. The Balaban J connectivity index is 2.26. The molecule has 0 saturated carbocycles. The third-order valence-corrected chi connectivity index (χ3v) is 5.79. The fourth-order valence-corrected chi connectivity index (χ4v) is 4.17. The van der Waals surface area contributed by atoms with Gasteiger partial charge in [-0.3, -0.25) is 0 Å². The summed E-state index contributed by atoms with van der Waals surface area (Å²) in [7, 11) is -1.75. The molecule has 1 N–H and O–H groups in total. The summed E-state index contributed by atoms with van der Waals surface area (Å²) >= 11 is 0. The Kier molecular flexibility index (Phi) is 4.77. The fraction of sp³-hybridized carbons (Fsp3) is 0.211. The first-order valence-electron chi connectivity index (χ1n) is 9.72. The second-order valence-corrected chi connectivity index (χ2v) is 7.67. The van der Waals surface area contributed by atoms with Crippen LogP contribution in [0.1, 0.15) is 9.68 Å². The molecule has 2 heterocycles. The molecule has 0 spiro atoms. The summed E-state index contributed by atoms with van der Waals surface area (Å²) in [6.45, 7) is -2.83. The Hall–Kier alpha value is -2.98. The first kappa shape index (κ1) is 16.9. The van der Waals surface area contributed by atoms with Crippen LogP contribution in [0, 0.1) is 11.6 Å². The van der Waals surface area contributed by atoms with E-state index in [9.17, 15) is 17.2 Å². The summed E-state index contributed by atoms with van der Waals surface area (Å²) in [6, 6.07) is 5.23. The third kappa shape index (κ3) is 3.81. The van der Waals surface area contributed by atoms with Crippen LogP contribution in [-0.4, -0.2) is 38.6 Å². The van der Waals surface area contributed by atoms with Crippen LogP contribution in [-0.2, 0) is 16.6 Å². The molecule has 0 aliphatic heterocycles. The molecule has 1 aromatic carbocycles. The van der Waals surface area contributed by atoms with Crippen LogP contribution in [0.15, 0.2) is 47.6 Å². The first-order chi connectivity index (χ1) is 15.0. The Morgan fingerprint density at radius 3 is 2.59 bits per heavy atom. The van der Waals surface area contributed by atoms with Gasteiger partial charge in [-0.05, 0) is 25.2 Å². The number of ether oxygens (including phenoxy) is 2. The van der Waals surface area contributed by atoms with E-state index in [1.54, 1.807) is 0 Å². The average Bonchev–Trinajstić information content (AvgIpc) is 3.11. The molecule has 2 aromatic heterocycles. The van der Waals surface area contributed by atoms with Crippen LogP contribution < -0.4 is 14.8 Å².